The van der Waals surface area contributed by atoms with E-state index in [4.69, 9.17) is 0 Å². The molecule has 4 heteroatoms. The first-order chi connectivity index (χ1) is 9.00. The van der Waals surface area contributed by atoms with Crippen molar-refractivity contribution in [1.29, 1.82) is 0 Å². The molecule has 1 amide bonds. The van der Waals surface area contributed by atoms with Gasteiger partial charge in [0.15, 0.2) is 0 Å². The van der Waals surface area contributed by atoms with Crippen molar-refractivity contribution in [1.82, 2.24) is 10.6 Å². The quantitative estimate of drug-likeness (QED) is 0.896. The maximum atomic E-state index is 12.4. The molecular weight excluding hydrogens is 272 g/mol. The van der Waals surface area contributed by atoms with Gasteiger partial charge in [-0.25, -0.2) is 0 Å². The topological polar surface area (TPSA) is 41.1 Å². The van der Waals surface area contributed by atoms with Crippen LogP contribution in [0, 0.1) is 6.92 Å². The van der Waals surface area contributed by atoms with Crippen molar-refractivity contribution >= 4 is 18.3 Å². The number of hydrogen-bond donors (Lipinski definition) is 2. The van der Waals surface area contributed by atoms with Crippen molar-refractivity contribution in [3.8, 4) is 0 Å². The van der Waals surface area contributed by atoms with Crippen molar-refractivity contribution in [3.63, 3.8) is 0 Å². The van der Waals surface area contributed by atoms with Gasteiger partial charge in [0.25, 0.3) is 0 Å². The van der Waals surface area contributed by atoms with Gasteiger partial charge >= 0.3 is 0 Å². The first-order valence-electron chi connectivity index (χ1n) is 7.09. The van der Waals surface area contributed by atoms with Gasteiger partial charge in [-0.15, -0.1) is 12.4 Å². The Morgan fingerprint density at radius 3 is 2.55 bits per heavy atom. The highest BCUT2D eigenvalue weighted by molar-refractivity contribution is 5.87. The van der Waals surface area contributed by atoms with Gasteiger partial charge in [0, 0.05) is 12.6 Å². The third kappa shape index (κ3) is 3.97. The lowest BCUT2D eigenvalue weighted by molar-refractivity contribution is -0.125. The third-order valence-corrected chi connectivity index (χ3v) is 4.01. The van der Waals surface area contributed by atoms with E-state index < -0.39 is 5.41 Å². The highest BCUT2D eigenvalue weighted by Crippen LogP contribution is 2.23. The Bertz CT molecular complexity index is 436. The molecule has 0 spiro atoms. The summed E-state index contributed by atoms with van der Waals surface area (Å²) in [5.74, 6) is 0.102. The second-order valence-corrected chi connectivity index (χ2v) is 5.99. The molecule has 112 valence electrons. The Balaban J connectivity index is 0.00000200. The summed E-state index contributed by atoms with van der Waals surface area (Å²) in [5, 5.41) is 6.47. The summed E-state index contributed by atoms with van der Waals surface area (Å²) >= 11 is 0. The Kier molecular flexibility index (Phi) is 6.03. The second-order valence-electron chi connectivity index (χ2n) is 5.99. The number of hydrogen-bond acceptors (Lipinski definition) is 2. The van der Waals surface area contributed by atoms with Crippen molar-refractivity contribution in [2.75, 3.05) is 13.1 Å². The molecule has 1 atom stereocenters. The maximum absolute atomic E-state index is 12.4. The van der Waals surface area contributed by atoms with Crippen molar-refractivity contribution < 1.29 is 4.79 Å². The summed E-state index contributed by atoms with van der Waals surface area (Å²) in [6, 6.07) is 8.65. The van der Waals surface area contributed by atoms with Crippen LogP contribution in [0.2, 0.25) is 0 Å². The molecule has 1 aliphatic heterocycles. The van der Waals surface area contributed by atoms with Crippen LogP contribution >= 0.6 is 12.4 Å². The van der Waals surface area contributed by atoms with E-state index in [9.17, 15) is 4.79 Å². The largest absolute Gasteiger partial charge is 0.354 e. The molecular formula is C16H25ClN2O. The molecule has 1 heterocycles. The number of amides is 1. The highest BCUT2D eigenvalue weighted by atomic mass is 35.5. The van der Waals surface area contributed by atoms with Crippen LogP contribution in [0.25, 0.3) is 0 Å². The molecule has 1 saturated heterocycles. The molecule has 1 unspecified atom stereocenters. The van der Waals surface area contributed by atoms with Crippen molar-refractivity contribution in [2.24, 2.45) is 0 Å². The molecule has 2 N–H and O–H groups in total. The molecule has 0 aromatic heterocycles. The standard InChI is InChI=1S/C16H24N2O.ClH/c1-12-6-8-13(9-7-12)16(2,3)15(19)18-11-14-5-4-10-17-14;/h6-9,14,17H,4-5,10-11H2,1-3H3,(H,18,19);1H. The number of nitrogens with one attached hydrogen (secondary N) is 2. The monoisotopic (exact) mass is 296 g/mol. The van der Waals surface area contributed by atoms with E-state index in [0.29, 0.717) is 6.04 Å². The van der Waals surface area contributed by atoms with Crippen LogP contribution in [-0.4, -0.2) is 25.0 Å². The van der Waals surface area contributed by atoms with Gasteiger partial charge in [-0.05, 0) is 45.7 Å². The molecule has 3 nitrogen and oxygen atoms in total. The maximum Gasteiger partial charge on any atom is 0.230 e. The predicted octanol–water partition coefficient (Wildman–Crippen LogP) is 2.56. The number of carbonyl (C=O) groups is 1. The average Bonchev–Trinajstić information content (AvgIpc) is 2.89. The zero-order valence-electron chi connectivity index (χ0n) is 12.5. The minimum atomic E-state index is -0.480. The normalized spacial score (nSPS) is 18.4. The molecule has 1 fully saturated rings. The Labute approximate surface area is 127 Å². The van der Waals surface area contributed by atoms with Crippen LogP contribution in [0.15, 0.2) is 24.3 Å². The zero-order valence-corrected chi connectivity index (χ0v) is 13.3. The van der Waals surface area contributed by atoms with Gasteiger partial charge in [0.2, 0.25) is 5.91 Å². The molecule has 1 aromatic carbocycles. The third-order valence-electron chi connectivity index (χ3n) is 4.01. The molecule has 0 bridgehead atoms. The first kappa shape index (κ1) is 17.0. The fraction of sp³-hybridized carbons (Fsp3) is 0.562. The van der Waals surface area contributed by atoms with E-state index in [2.05, 4.69) is 29.7 Å². The molecule has 20 heavy (non-hydrogen) atoms. The molecule has 0 radical (unpaired) electrons. The van der Waals surface area contributed by atoms with E-state index in [1.165, 1.54) is 12.0 Å². The number of carbonyl (C=O) groups excluding carboxylic acids is 1. The average molecular weight is 297 g/mol. The van der Waals surface area contributed by atoms with E-state index in [1.807, 2.05) is 26.0 Å². The minimum Gasteiger partial charge on any atom is -0.354 e. The van der Waals surface area contributed by atoms with Gasteiger partial charge in [-0.2, -0.15) is 0 Å². The lowest BCUT2D eigenvalue weighted by Gasteiger charge is -2.25. The van der Waals surface area contributed by atoms with Crippen molar-refractivity contribution in [3.05, 3.63) is 35.4 Å². The second kappa shape index (κ2) is 7.09. The van der Waals surface area contributed by atoms with E-state index in [-0.39, 0.29) is 18.3 Å². The van der Waals surface area contributed by atoms with Crippen LogP contribution in [0.4, 0.5) is 0 Å². The van der Waals surface area contributed by atoms with Crippen LogP contribution in [0.3, 0.4) is 0 Å². The van der Waals surface area contributed by atoms with E-state index >= 15 is 0 Å². The van der Waals surface area contributed by atoms with Gasteiger partial charge in [0.05, 0.1) is 5.41 Å². The minimum absolute atomic E-state index is 0. The number of benzene rings is 1. The Morgan fingerprint density at radius 1 is 1.35 bits per heavy atom. The SMILES string of the molecule is Cc1ccc(C(C)(C)C(=O)NCC2CCCN2)cc1.Cl. The fourth-order valence-electron chi connectivity index (χ4n) is 2.47. The van der Waals surface area contributed by atoms with E-state index in [0.717, 1.165) is 25.1 Å². The van der Waals surface area contributed by atoms with Crippen LogP contribution in [0.5, 0.6) is 0 Å². The fourth-order valence-corrected chi connectivity index (χ4v) is 2.47. The first-order valence-corrected chi connectivity index (χ1v) is 7.09. The van der Waals surface area contributed by atoms with Crippen LogP contribution in [0.1, 0.15) is 37.8 Å². The smallest absolute Gasteiger partial charge is 0.230 e. The number of halogens is 1. The number of rotatable bonds is 4. The summed E-state index contributed by atoms with van der Waals surface area (Å²) in [5.41, 5.74) is 1.80. The van der Waals surface area contributed by atoms with Crippen LogP contribution < -0.4 is 10.6 Å². The Hall–Kier alpha value is -1.06. The predicted molar refractivity (Wildman–Crippen MR) is 85.5 cm³/mol. The molecule has 0 aliphatic carbocycles. The summed E-state index contributed by atoms with van der Waals surface area (Å²) < 4.78 is 0. The highest BCUT2D eigenvalue weighted by Gasteiger charge is 2.30. The zero-order chi connectivity index (χ0) is 13.9. The Morgan fingerprint density at radius 2 is 2.00 bits per heavy atom. The summed E-state index contributed by atoms with van der Waals surface area (Å²) in [7, 11) is 0. The van der Waals surface area contributed by atoms with Gasteiger partial charge in [-0.3, -0.25) is 4.79 Å². The van der Waals surface area contributed by atoms with Crippen LogP contribution in [-0.2, 0) is 10.2 Å². The van der Waals surface area contributed by atoms with Gasteiger partial charge in [-0.1, -0.05) is 29.8 Å². The van der Waals surface area contributed by atoms with Gasteiger partial charge < -0.3 is 10.6 Å². The van der Waals surface area contributed by atoms with E-state index in [1.54, 1.807) is 0 Å². The lowest BCUT2D eigenvalue weighted by Crippen LogP contribution is -2.45. The summed E-state index contributed by atoms with van der Waals surface area (Å²) in [6.07, 6.45) is 2.37. The van der Waals surface area contributed by atoms with Crippen molar-refractivity contribution in [2.45, 2.75) is 45.1 Å². The van der Waals surface area contributed by atoms with Gasteiger partial charge in [0.1, 0.15) is 0 Å². The molecule has 0 saturated carbocycles. The molecule has 2 rings (SSSR count). The lowest BCUT2D eigenvalue weighted by atomic mass is 9.83. The number of aryl methyl sites for hydroxylation is 1. The summed E-state index contributed by atoms with van der Waals surface area (Å²) in [4.78, 5) is 12.4. The molecule has 1 aromatic rings. The summed E-state index contributed by atoms with van der Waals surface area (Å²) in [6.45, 7) is 7.82. The molecule has 1 aliphatic rings.